The van der Waals surface area contributed by atoms with Crippen LogP contribution >= 0.6 is 0 Å². The Bertz CT molecular complexity index is 334. The van der Waals surface area contributed by atoms with Crippen LogP contribution in [0.3, 0.4) is 0 Å². The number of β-amino-alcohol motifs (C(OH)–C–C–N with tert-alkyl or cyclic N) is 1. The molecule has 1 heterocycles. The Balaban J connectivity index is 1.78. The fourth-order valence-corrected chi connectivity index (χ4v) is 2.63. The minimum Gasteiger partial charge on any atom is -0.387 e. The van der Waals surface area contributed by atoms with Gasteiger partial charge in [-0.3, -0.25) is 0 Å². The first-order valence-corrected chi connectivity index (χ1v) is 6.98. The Hall–Kier alpha value is -0.900. The molecule has 1 fully saturated rings. The summed E-state index contributed by atoms with van der Waals surface area (Å²) < 4.78 is 0. The van der Waals surface area contributed by atoms with E-state index in [0.717, 1.165) is 31.7 Å². The van der Waals surface area contributed by atoms with Gasteiger partial charge in [0.2, 0.25) is 0 Å². The topological polar surface area (TPSA) is 35.5 Å². The molecule has 2 N–H and O–H groups in total. The molecule has 3 heteroatoms. The van der Waals surface area contributed by atoms with Gasteiger partial charge in [0.15, 0.2) is 0 Å². The second-order valence-electron chi connectivity index (χ2n) is 5.06. The van der Waals surface area contributed by atoms with Crippen molar-refractivity contribution in [1.82, 2.24) is 10.2 Å². The molecule has 1 aliphatic rings. The van der Waals surface area contributed by atoms with Gasteiger partial charge in [0.1, 0.15) is 0 Å². The standard InChI is InChI=1S/C15H24N2O/c1-2-16-14-8-10-17(11-9-14)12-15(18)13-6-4-3-5-7-13/h3-7,14-16,18H,2,8-12H2,1H3. The molecule has 2 rings (SSSR count). The molecule has 0 aromatic heterocycles. The van der Waals surface area contributed by atoms with Crippen molar-refractivity contribution in [2.24, 2.45) is 0 Å². The van der Waals surface area contributed by atoms with E-state index >= 15 is 0 Å². The molecule has 18 heavy (non-hydrogen) atoms. The predicted molar refractivity (Wildman–Crippen MR) is 74.5 cm³/mol. The molecule has 0 amide bonds. The highest BCUT2D eigenvalue weighted by atomic mass is 16.3. The highest BCUT2D eigenvalue weighted by Crippen LogP contribution is 2.17. The highest BCUT2D eigenvalue weighted by Gasteiger charge is 2.20. The van der Waals surface area contributed by atoms with Crippen molar-refractivity contribution in [3.05, 3.63) is 35.9 Å². The van der Waals surface area contributed by atoms with Crippen LogP contribution in [0.5, 0.6) is 0 Å². The lowest BCUT2D eigenvalue weighted by Crippen LogP contribution is -2.43. The van der Waals surface area contributed by atoms with E-state index in [4.69, 9.17) is 0 Å². The minimum absolute atomic E-state index is 0.359. The number of hydrogen-bond acceptors (Lipinski definition) is 3. The van der Waals surface area contributed by atoms with Gasteiger partial charge in [-0.2, -0.15) is 0 Å². The summed E-state index contributed by atoms with van der Waals surface area (Å²) in [4.78, 5) is 2.37. The summed E-state index contributed by atoms with van der Waals surface area (Å²) in [6, 6.07) is 10.6. The summed E-state index contributed by atoms with van der Waals surface area (Å²) in [5, 5.41) is 13.7. The number of piperidine rings is 1. The monoisotopic (exact) mass is 248 g/mol. The van der Waals surface area contributed by atoms with Crippen molar-refractivity contribution < 1.29 is 5.11 Å². The third kappa shape index (κ3) is 3.80. The van der Waals surface area contributed by atoms with Gasteiger partial charge in [-0.1, -0.05) is 37.3 Å². The molecule has 0 saturated carbocycles. The molecule has 0 aliphatic carbocycles. The van der Waals surface area contributed by atoms with Crippen molar-refractivity contribution in [2.75, 3.05) is 26.2 Å². The SMILES string of the molecule is CCNC1CCN(CC(O)c2ccccc2)CC1. The zero-order valence-corrected chi connectivity index (χ0v) is 11.2. The summed E-state index contributed by atoms with van der Waals surface area (Å²) in [6.45, 7) is 6.13. The number of aliphatic hydroxyl groups excluding tert-OH is 1. The fourth-order valence-electron chi connectivity index (χ4n) is 2.63. The van der Waals surface area contributed by atoms with Gasteiger partial charge in [-0.15, -0.1) is 0 Å². The maximum absolute atomic E-state index is 10.2. The predicted octanol–water partition coefficient (Wildman–Crippen LogP) is 1.79. The lowest BCUT2D eigenvalue weighted by atomic mass is 10.0. The van der Waals surface area contributed by atoms with Crippen LogP contribution < -0.4 is 5.32 Å². The van der Waals surface area contributed by atoms with Crippen molar-refractivity contribution in [1.29, 1.82) is 0 Å². The molecule has 1 saturated heterocycles. The fraction of sp³-hybridized carbons (Fsp3) is 0.600. The van der Waals surface area contributed by atoms with Crippen LogP contribution in [0.25, 0.3) is 0 Å². The molecule has 1 aromatic rings. The van der Waals surface area contributed by atoms with Crippen LogP contribution in [0.1, 0.15) is 31.4 Å². The number of hydrogen-bond donors (Lipinski definition) is 2. The number of likely N-dealkylation sites (tertiary alicyclic amines) is 1. The number of nitrogens with one attached hydrogen (secondary N) is 1. The molecule has 1 atom stereocenters. The third-order valence-corrected chi connectivity index (χ3v) is 3.70. The molecule has 1 unspecified atom stereocenters. The van der Waals surface area contributed by atoms with Crippen LogP contribution in [0.15, 0.2) is 30.3 Å². The van der Waals surface area contributed by atoms with Gasteiger partial charge in [0.05, 0.1) is 6.10 Å². The van der Waals surface area contributed by atoms with E-state index in [1.165, 1.54) is 12.8 Å². The van der Waals surface area contributed by atoms with E-state index in [0.29, 0.717) is 6.04 Å². The number of benzene rings is 1. The van der Waals surface area contributed by atoms with E-state index in [2.05, 4.69) is 17.1 Å². The van der Waals surface area contributed by atoms with Crippen LogP contribution in [-0.2, 0) is 0 Å². The highest BCUT2D eigenvalue weighted by molar-refractivity contribution is 5.17. The van der Waals surface area contributed by atoms with Crippen LogP contribution in [0, 0.1) is 0 Å². The van der Waals surface area contributed by atoms with E-state index < -0.39 is 0 Å². The average Bonchev–Trinajstić information content (AvgIpc) is 2.42. The van der Waals surface area contributed by atoms with Gasteiger partial charge in [-0.25, -0.2) is 0 Å². The average molecular weight is 248 g/mol. The van der Waals surface area contributed by atoms with Crippen molar-refractivity contribution in [3.63, 3.8) is 0 Å². The Morgan fingerprint density at radius 3 is 2.56 bits per heavy atom. The summed E-state index contributed by atoms with van der Waals surface area (Å²) in [5.74, 6) is 0. The van der Waals surface area contributed by atoms with Crippen molar-refractivity contribution >= 4 is 0 Å². The smallest absolute Gasteiger partial charge is 0.0916 e. The first-order valence-electron chi connectivity index (χ1n) is 6.98. The summed E-state index contributed by atoms with van der Waals surface area (Å²) in [5.41, 5.74) is 1.02. The van der Waals surface area contributed by atoms with E-state index in [1.807, 2.05) is 30.3 Å². The molecular formula is C15H24N2O. The maximum Gasteiger partial charge on any atom is 0.0916 e. The van der Waals surface area contributed by atoms with Crippen molar-refractivity contribution in [3.8, 4) is 0 Å². The molecular weight excluding hydrogens is 224 g/mol. The first-order chi connectivity index (χ1) is 8.79. The molecule has 0 spiro atoms. The first kappa shape index (κ1) is 13.5. The van der Waals surface area contributed by atoms with E-state index in [9.17, 15) is 5.11 Å². The molecule has 1 aromatic carbocycles. The van der Waals surface area contributed by atoms with Crippen LogP contribution in [0.4, 0.5) is 0 Å². The van der Waals surface area contributed by atoms with Crippen LogP contribution in [0.2, 0.25) is 0 Å². The Morgan fingerprint density at radius 2 is 1.94 bits per heavy atom. The Labute approximate surface area is 110 Å². The minimum atomic E-state index is -0.359. The molecule has 0 radical (unpaired) electrons. The molecule has 1 aliphatic heterocycles. The van der Waals surface area contributed by atoms with Gasteiger partial charge < -0.3 is 15.3 Å². The van der Waals surface area contributed by atoms with Crippen LogP contribution in [-0.4, -0.2) is 42.2 Å². The third-order valence-electron chi connectivity index (χ3n) is 3.70. The van der Waals surface area contributed by atoms with Crippen molar-refractivity contribution in [2.45, 2.75) is 31.9 Å². The Morgan fingerprint density at radius 1 is 1.28 bits per heavy atom. The quantitative estimate of drug-likeness (QED) is 0.834. The lowest BCUT2D eigenvalue weighted by molar-refractivity contribution is 0.0944. The molecule has 3 nitrogen and oxygen atoms in total. The summed E-state index contributed by atoms with van der Waals surface area (Å²) in [6.07, 6.45) is 2.02. The van der Waals surface area contributed by atoms with E-state index in [-0.39, 0.29) is 6.10 Å². The molecule has 0 bridgehead atoms. The normalized spacial score (nSPS) is 19.9. The zero-order valence-electron chi connectivity index (χ0n) is 11.2. The van der Waals surface area contributed by atoms with Gasteiger partial charge >= 0.3 is 0 Å². The van der Waals surface area contributed by atoms with Gasteiger partial charge in [-0.05, 0) is 38.0 Å². The number of nitrogens with zero attached hydrogens (tertiary/aromatic N) is 1. The van der Waals surface area contributed by atoms with Gasteiger partial charge in [0.25, 0.3) is 0 Å². The summed E-state index contributed by atoms with van der Waals surface area (Å²) in [7, 11) is 0. The second kappa shape index (κ2) is 6.88. The zero-order chi connectivity index (χ0) is 12.8. The lowest BCUT2D eigenvalue weighted by Gasteiger charge is -2.33. The largest absolute Gasteiger partial charge is 0.387 e. The maximum atomic E-state index is 10.2. The Kier molecular flexibility index (Phi) is 5.17. The number of rotatable bonds is 5. The van der Waals surface area contributed by atoms with Gasteiger partial charge in [0, 0.05) is 12.6 Å². The number of aliphatic hydroxyl groups is 1. The second-order valence-corrected chi connectivity index (χ2v) is 5.06. The van der Waals surface area contributed by atoms with E-state index in [1.54, 1.807) is 0 Å². The molecule has 100 valence electrons. The summed E-state index contributed by atoms with van der Waals surface area (Å²) >= 11 is 0.